The lowest BCUT2D eigenvalue weighted by Crippen LogP contribution is -2.23. The van der Waals surface area contributed by atoms with Crippen LogP contribution in [0.3, 0.4) is 0 Å². The molecule has 34 heavy (non-hydrogen) atoms. The van der Waals surface area contributed by atoms with Crippen LogP contribution < -0.4 is 5.56 Å². The molecular formula is C25H27N3O4S2. The number of hydrogen-bond acceptors (Lipinski definition) is 7. The topological polar surface area (TPSA) is 79.3 Å². The van der Waals surface area contributed by atoms with Crippen molar-refractivity contribution in [1.82, 2.24) is 14.1 Å². The van der Waals surface area contributed by atoms with Gasteiger partial charge in [-0.1, -0.05) is 17.8 Å². The van der Waals surface area contributed by atoms with Crippen LogP contribution >= 0.6 is 23.1 Å². The molecule has 4 rings (SSSR count). The van der Waals surface area contributed by atoms with Gasteiger partial charge in [-0.15, -0.1) is 17.9 Å². The maximum absolute atomic E-state index is 13.4. The van der Waals surface area contributed by atoms with Gasteiger partial charge in [-0.25, -0.2) is 4.98 Å². The number of thioether (sulfide) groups is 1. The van der Waals surface area contributed by atoms with Crippen molar-refractivity contribution in [3.05, 3.63) is 69.8 Å². The fourth-order valence-corrected chi connectivity index (χ4v) is 6.14. The number of allylic oxidation sites excluding steroid dienone is 1. The Morgan fingerprint density at radius 3 is 2.88 bits per heavy atom. The summed E-state index contributed by atoms with van der Waals surface area (Å²) in [6.07, 6.45) is 3.24. The minimum Gasteiger partial charge on any atom is -0.464 e. The first-order chi connectivity index (χ1) is 16.4. The average molecular weight is 498 g/mol. The first-order valence-electron chi connectivity index (χ1n) is 10.9. The number of aromatic nitrogens is 3. The Hall–Kier alpha value is -2.88. The van der Waals surface area contributed by atoms with Crippen molar-refractivity contribution in [3.63, 3.8) is 0 Å². The van der Waals surface area contributed by atoms with Gasteiger partial charge in [-0.2, -0.15) is 0 Å². The summed E-state index contributed by atoms with van der Waals surface area (Å²) < 4.78 is 14.5. The van der Waals surface area contributed by atoms with Crippen LogP contribution in [0.25, 0.3) is 21.5 Å². The molecule has 0 fully saturated rings. The molecular weight excluding hydrogens is 470 g/mol. The van der Waals surface area contributed by atoms with Gasteiger partial charge in [0, 0.05) is 41.5 Å². The normalized spacial score (nSPS) is 12.4. The maximum atomic E-state index is 13.4. The standard InChI is InChI=1S/C25H27N3O4S2/c1-6-9-27-24(30)22-19(21-8-7-10-32-21)13-33-23(22)26-25(27)34-14-20(29)18-11-15(2)28(17(18)4)16(3)12-31-5/h6-8,10-11,13,16H,1,9,12,14H2,2-5H3. The van der Waals surface area contributed by atoms with E-state index in [9.17, 15) is 9.59 Å². The molecule has 1 unspecified atom stereocenters. The van der Waals surface area contributed by atoms with Gasteiger partial charge >= 0.3 is 0 Å². The quantitative estimate of drug-likeness (QED) is 0.124. The van der Waals surface area contributed by atoms with Gasteiger partial charge in [0.1, 0.15) is 10.6 Å². The van der Waals surface area contributed by atoms with E-state index < -0.39 is 0 Å². The van der Waals surface area contributed by atoms with Crippen molar-refractivity contribution >= 4 is 39.1 Å². The molecule has 0 saturated carbocycles. The molecule has 4 aromatic rings. The highest BCUT2D eigenvalue weighted by molar-refractivity contribution is 7.99. The van der Waals surface area contributed by atoms with E-state index >= 15 is 0 Å². The summed E-state index contributed by atoms with van der Waals surface area (Å²) in [5.74, 6) is 0.800. The third kappa shape index (κ3) is 4.43. The highest BCUT2D eigenvalue weighted by Crippen LogP contribution is 2.32. The smallest absolute Gasteiger partial charge is 0.263 e. The highest BCUT2D eigenvalue weighted by Gasteiger charge is 2.22. The Bertz CT molecular complexity index is 1400. The molecule has 0 amide bonds. The number of furan rings is 1. The molecule has 4 aromatic heterocycles. The van der Waals surface area contributed by atoms with Crippen LogP contribution in [0.15, 0.2) is 56.9 Å². The number of carbonyl (C=O) groups excluding carboxylic acids is 1. The number of ether oxygens (including phenoxy) is 1. The number of carbonyl (C=O) groups is 1. The number of nitrogens with zero attached hydrogens (tertiary/aromatic N) is 3. The predicted molar refractivity (Wildman–Crippen MR) is 137 cm³/mol. The number of thiophene rings is 1. The van der Waals surface area contributed by atoms with Crippen LogP contribution in [0.1, 0.15) is 34.7 Å². The Kier molecular flexibility index (Phi) is 7.25. The molecule has 4 heterocycles. The largest absolute Gasteiger partial charge is 0.464 e. The van der Waals surface area contributed by atoms with Gasteiger partial charge in [0.05, 0.1) is 30.1 Å². The lowest BCUT2D eigenvalue weighted by Gasteiger charge is -2.17. The summed E-state index contributed by atoms with van der Waals surface area (Å²) in [5, 5.41) is 2.90. The van der Waals surface area contributed by atoms with Crippen molar-refractivity contribution in [2.75, 3.05) is 19.5 Å². The summed E-state index contributed by atoms with van der Waals surface area (Å²) in [6.45, 7) is 10.7. The monoisotopic (exact) mass is 497 g/mol. The lowest BCUT2D eigenvalue weighted by atomic mass is 10.2. The van der Waals surface area contributed by atoms with E-state index in [-0.39, 0.29) is 23.1 Å². The highest BCUT2D eigenvalue weighted by atomic mass is 32.2. The zero-order valence-electron chi connectivity index (χ0n) is 19.7. The van der Waals surface area contributed by atoms with Crippen molar-refractivity contribution < 1.29 is 13.9 Å². The Morgan fingerprint density at radius 1 is 1.41 bits per heavy atom. The van der Waals surface area contributed by atoms with E-state index in [1.165, 1.54) is 23.1 Å². The second-order valence-corrected chi connectivity index (χ2v) is 9.88. The molecule has 178 valence electrons. The van der Waals surface area contributed by atoms with Crippen LogP contribution in [0.5, 0.6) is 0 Å². The number of ketones is 1. The van der Waals surface area contributed by atoms with Crippen molar-refractivity contribution in [1.29, 1.82) is 0 Å². The summed E-state index contributed by atoms with van der Waals surface area (Å²) >= 11 is 2.66. The van der Waals surface area contributed by atoms with E-state index in [1.807, 2.05) is 31.4 Å². The Labute approximate surface area is 206 Å². The second-order valence-electron chi connectivity index (χ2n) is 8.08. The van der Waals surface area contributed by atoms with Gasteiger partial charge in [0.25, 0.3) is 5.56 Å². The summed E-state index contributed by atoms with van der Waals surface area (Å²) in [4.78, 5) is 31.9. The van der Waals surface area contributed by atoms with Gasteiger partial charge in [0.15, 0.2) is 10.9 Å². The van der Waals surface area contributed by atoms with E-state index in [0.29, 0.717) is 39.8 Å². The van der Waals surface area contributed by atoms with E-state index in [2.05, 4.69) is 18.1 Å². The van der Waals surface area contributed by atoms with Crippen LogP contribution in [0.2, 0.25) is 0 Å². The lowest BCUT2D eigenvalue weighted by molar-refractivity contribution is 0.102. The fraction of sp³-hybridized carbons (Fsp3) is 0.320. The Balaban J connectivity index is 1.65. The SMILES string of the molecule is C=CCn1c(SCC(=O)c2cc(C)n(C(C)COC)c2C)nc2scc(-c3ccco3)c2c1=O. The molecule has 0 saturated heterocycles. The van der Waals surface area contributed by atoms with Crippen LogP contribution in [0.4, 0.5) is 0 Å². The third-order valence-corrected chi connectivity index (χ3v) is 7.57. The molecule has 0 aliphatic rings. The van der Waals surface area contributed by atoms with E-state index in [1.54, 1.807) is 30.1 Å². The minimum absolute atomic E-state index is 0.00378. The number of hydrogen-bond donors (Lipinski definition) is 0. The molecule has 0 spiro atoms. The van der Waals surface area contributed by atoms with Crippen molar-refractivity contribution in [2.45, 2.75) is 38.5 Å². The summed E-state index contributed by atoms with van der Waals surface area (Å²) in [6, 6.07) is 5.66. The van der Waals surface area contributed by atoms with Crippen molar-refractivity contribution in [2.24, 2.45) is 0 Å². The number of Topliss-reactive ketones (excluding diaryl/α,β-unsaturated/α-hetero) is 1. The van der Waals surface area contributed by atoms with Gasteiger partial charge < -0.3 is 13.7 Å². The zero-order valence-corrected chi connectivity index (χ0v) is 21.3. The first-order valence-corrected chi connectivity index (χ1v) is 12.7. The molecule has 0 N–H and O–H groups in total. The predicted octanol–water partition coefficient (Wildman–Crippen LogP) is 5.50. The first kappa shape index (κ1) is 24.3. The molecule has 0 radical (unpaired) electrons. The maximum Gasteiger partial charge on any atom is 0.263 e. The van der Waals surface area contributed by atoms with Gasteiger partial charge in [0.2, 0.25) is 0 Å². The molecule has 0 bridgehead atoms. The van der Waals surface area contributed by atoms with Gasteiger partial charge in [-0.05, 0) is 39.0 Å². The molecule has 9 heteroatoms. The Morgan fingerprint density at radius 2 is 2.21 bits per heavy atom. The fourth-order valence-electron chi connectivity index (χ4n) is 4.28. The van der Waals surface area contributed by atoms with E-state index in [4.69, 9.17) is 14.1 Å². The molecule has 7 nitrogen and oxygen atoms in total. The number of aryl methyl sites for hydroxylation is 1. The third-order valence-electron chi connectivity index (χ3n) is 5.72. The number of fused-ring (bicyclic) bond motifs is 1. The van der Waals surface area contributed by atoms with Crippen LogP contribution in [-0.4, -0.2) is 39.4 Å². The van der Waals surface area contributed by atoms with E-state index in [0.717, 1.165) is 17.0 Å². The van der Waals surface area contributed by atoms with Crippen LogP contribution in [0, 0.1) is 13.8 Å². The van der Waals surface area contributed by atoms with Gasteiger partial charge in [-0.3, -0.25) is 14.2 Å². The second kappa shape index (κ2) is 10.2. The molecule has 0 aliphatic heterocycles. The minimum atomic E-state index is -0.168. The van der Waals surface area contributed by atoms with Crippen molar-refractivity contribution in [3.8, 4) is 11.3 Å². The summed E-state index contributed by atoms with van der Waals surface area (Å²) in [7, 11) is 1.67. The number of methoxy groups -OCH3 is 1. The molecule has 1 atom stereocenters. The summed E-state index contributed by atoms with van der Waals surface area (Å²) in [5.41, 5.74) is 3.18. The molecule has 0 aliphatic carbocycles. The average Bonchev–Trinajstić information content (AvgIpc) is 3.53. The zero-order chi connectivity index (χ0) is 24.4. The van der Waals surface area contributed by atoms with Crippen LogP contribution in [-0.2, 0) is 11.3 Å². The molecule has 0 aromatic carbocycles. The number of rotatable bonds is 10.